The third-order valence-electron chi connectivity index (χ3n) is 3.58. The van der Waals surface area contributed by atoms with Crippen LogP contribution in [0.25, 0.3) is 6.08 Å². The Hall–Kier alpha value is -2.35. The molecule has 23 heavy (non-hydrogen) atoms. The average Bonchev–Trinajstić information content (AvgIpc) is 2.56. The molecule has 0 atom stereocenters. The maximum absolute atomic E-state index is 4.08. The van der Waals surface area contributed by atoms with Gasteiger partial charge in [-0.05, 0) is 62.4 Å². The van der Waals surface area contributed by atoms with Crippen molar-refractivity contribution < 1.29 is 0 Å². The Labute approximate surface area is 141 Å². The van der Waals surface area contributed by atoms with Crippen molar-refractivity contribution >= 4 is 11.8 Å². The first-order chi connectivity index (χ1) is 11.1. The van der Waals surface area contributed by atoms with E-state index in [2.05, 4.69) is 54.6 Å². The first-order valence-electron chi connectivity index (χ1n) is 8.02. The monoisotopic (exact) mass is 308 g/mol. The summed E-state index contributed by atoms with van der Waals surface area (Å²) in [6.45, 7) is 11.6. The van der Waals surface area contributed by atoms with Gasteiger partial charge in [0.1, 0.15) is 0 Å². The van der Waals surface area contributed by atoms with Gasteiger partial charge in [0.25, 0.3) is 0 Å². The minimum Gasteiger partial charge on any atom is -0.388 e. The van der Waals surface area contributed by atoms with Gasteiger partial charge in [-0.3, -0.25) is 4.98 Å². The fourth-order valence-electron chi connectivity index (χ4n) is 2.14. The lowest BCUT2D eigenvalue weighted by molar-refractivity contribution is 0.814. The topological polar surface area (TPSA) is 24.9 Å². The predicted octanol–water partition coefficient (Wildman–Crippen LogP) is 5.66. The number of nitrogens with zero attached hydrogens (tertiary/aromatic N) is 1. The van der Waals surface area contributed by atoms with E-state index in [1.54, 1.807) is 6.20 Å². The summed E-state index contributed by atoms with van der Waals surface area (Å²) >= 11 is 0. The molecule has 0 unspecified atom stereocenters. The van der Waals surface area contributed by atoms with Gasteiger partial charge in [-0.1, -0.05) is 36.4 Å². The Bertz CT molecular complexity index is 612. The molecule has 122 valence electrons. The predicted molar refractivity (Wildman–Crippen MR) is 103 cm³/mol. The zero-order valence-corrected chi connectivity index (χ0v) is 14.6. The third-order valence-corrected chi connectivity index (χ3v) is 3.58. The van der Waals surface area contributed by atoms with Crippen molar-refractivity contribution in [2.75, 3.05) is 12.4 Å². The van der Waals surface area contributed by atoms with Crippen molar-refractivity contribution in [3.63, 3.8) is 0 Å². The van der Waals surface area contributed by atoms with Gasteiger partial charge >= 0.3 is 0 Å². The van der Waals surface area contributed by atoms with Crippen LogP contribution in [-0.2, 0) is 6.42 Å². The molecule has 0 aliphatic heterocycles. The lowest BCUT2D eigenvalue weighted by Crippen LogP contribution is -1.89. The first-order valence-corrected chi connectivity index (χ1v) is 8.02. The highest BCUT2D eigenvalue weighted by atomic mass is 14.8. The third kappa shape index (κ3) is 7.46. The summed E-state index contributed by atoms with van der Waals surface area (Å²) in [5.41, 5.74) is 6.00. The number of pyridine rings is 1. The number of aryl methyl sites for hydroxylation is 2. The standard InChI is InChI=1S/C13H19N.C8H9N/c1-11(2)5-4-6-12-7-9-13(14-3)10-8-12;1-3-8-5-4-6-9-7(8)2/h7-10,14H,1,4-6H2,2-3H3;3-6H,1H2,2H3. The number of anilines is 1. The molecule has 0 spiro atoms. The molecule has 0 saturated heterocycles. The molecule has 1 aromatic carbocycles. The van der Waals surface area contributed by atoms with Gasteiger partial charge in [-0.15, -0.1) is 6.58 Å². The van der Waals surface area contributed by atoms with Gasteiger partial charge in [-0.2, -0.15) is 0 Å². The molecule has 1 heterocycles. The van der Waals surface area contributed by atoms with E-state index in [-0.39, 0.29) is 0 Å². The maximum Gasteiger partial charge on any atom is 0.0444 e. The molecule has 0 aliphatic carbocycles. The normalized spacial score (nSPS) is 9.52. The summed E-state index contributed by atoms with van der Waals surface area (Å²) in [6, 6.07) is 12.5. The Morgan fingerprint density at radius 1 is 1.22 bits per heavy atom. The van der Waals surface area contributed by atoms with Crippen LogP contribution in [0.1, 0.15) is 36.6 Å². The molecule has 2 rings (SSSR count). The van der Waals surface area contributed by atoms with E-state index in [1.165, 1.54) is 23.2 Å². The van der Waals surface area contributed by atoms with E-state index in [9.17, 15) is 0 Å². The smallest absolute Gasteiger partial charge is 0.0444 e. The summed E-state index contributed by atoms with van der Waals surface area (Å²) in [4.78, 5) is 4.08. The van der Waals surface area contributed by atoms with Crippen molar-refractivity contribution in [3.05, 3.63) is 78.1 Å². The number of aromatic nitrogens is 1. The summed E-state index contributed by atoms with van der Waals surface area (Å²) in [5.74, 6) is 0. The Balaban J connectivity index is 0.000000253. The van der Waals surface area contributed by atoms with Crippen molar-refractivity contribution in [3.8, 4) is 0 Å². The van der Waals surface area contributed by atoms with E-state index in [0.717, 1.165) is 24.1 Å². The molecule has 1 aromatic heterocycles. The second kappa shape index (κ2) is 10.4. The van der Waals surface area contributed by atoms with Gasteiger partial charge in [0.15, 0.2) is 0 Å². The molecule has 1 N–H and O–H groups in total. The average molecular weight is 308 g/mol. The van der Waals surface area contributed by atoms with Gasteiger partial charge < -0.3 is 5.32 Å². The van der Waals surface area contributed by atoms with E-state index in [4.69, 9.17) is 0 Å². The second-order valence-electron chi connectivity index (χ2n) is 5.64. The number of nitrogens with one attached hydrogen (secondary N) is 1. The van der Waals surface area contributed by atoms with Gasteiger partial charge in [0.2, 0.25) is 0 Å². The number of rotatable bonds is 6. The zero-order valence-electron chi connectivity index (χ0n) is 14.6. The van der Waals surface area contributed by atoms with Crippen molar-refractivity contribution in [1.82, 2.24) is 4.98 Å². The molecule has 0 fully saturated rings. The quantitative estimate of drug-likeness (QED) is 0.696. The molecular formula is C21H28N2. The number of hydrogen-bond acceptors (Lipinski definition) is 2. The van der Waals surface area contributed by atoms with Crippen molar-refractivity contribution in [2.45, 2.75) is 33.1 Å². The van der Waals surface area contributed by atoms with E-state index >= 15 is 0 Å². The van der Waals surface area contributed by atoms with Crippen LogP contribution in [0.15, 0.2) is 61.3 Å². The Morgan fingerprint density at radius 3 is 2.39 bits per heavy atom. The minimum absolute atomic E-state index is 1.03. The number of allylic oxidation sites excluding steroid dienone is 1. The fourth-order valence-corrected chi connectivity index (χ4v) is 2.14. The van der Waals surface area contributed by atoms with Crippen molar-refractivity contribution in [1.29, 1.82) is 0 Å². The van der Waals surface area contributed by atoms with Crippen LogP contribution >= 0.6 is 0 Å². The van der Waals surface area contributed by atoms with Gasteiger partial charge in [0.05, 0.1) is 0 Å². The molecule has 0 bridgehead atoms. The molecular weight excluding hydrogens is 280 g/mol. The zero-order chi connectivity index (χ0) is 17.1. The second-order valence-corrected chi connectivity index (χ2v) is 5.64. The number of benzene rings is 1. The molecule has 2 aromatic rings. The van der Waals surface area contributed by atoms with E-state index < -0.39 is 0 Å². The highest BCUT2D eigenvalue weighted by molar-refractivity contribution is 5.48. The van der Waals surface area contributed by atoms with E-state index in [0.29, 0.717) is 0 Å². The fraction of sp³-hybridized carbons (Fsp3) is 0.286. The molecule has 0 amide bonds. The summed E-state index contributed by atoms with van der Waals surface area (Å²) < 4.78 is 0. The van der Waals surface area contributed by atoms with Gasteiger partial charge in [-0.25, -0.2) is 0 Å². The van der Waals surface area contributed by atoms with Crippen LogP contribution in [0.2, 0.25) is 0 Å². The SMILES string of the molecule is C=C(C)CCCc1ccc(NC)cc1.C=Cc1cccnc1C. The summed E-state index contributed by atoms with van der Waals surface area (Å²) in [5, 5.41) is 3.11. The number of hydrogen-bond donors (Lipinski definition) is 1. The Kier molecular flexibility index (Phi) is 8.45. The van der Waals surface area contributed by atoms with Crippen LogP contribution in [0.3, 0.4) is 0 Å². The molecule has 0 saturated carbocycles. The lowest BCUT2D eigenvalue weighted by atomic mass is 10.1. The maximum atomic E-state index is 4.08. The lowest BCUT2D eigenvalue weighted by Gasteiger charge is -2.03. The molecule has 0 aliphatic rings. The van der Waals surface area contributed by atoms with Crippen LogP contribution in [0.5, 0.6) is 0 Å². The van der Waals surface area contributed by atoms with Crippen LogP contribution in [0, 0.1) is 6.92 Å². The highest BCUT2D eigenvalue weighted by Crippen LogP contribution is 2.12. The first kappa shape index (κ1) is 18.7. The summed E-state index contributed by atoms with van der Waals surface area (Å²) in [7, 11) is 1.94. The van der Waals surface area contributed by atoms with Crippen LogP contribution in [0.4, 0.5) is 5.69 Å². The largest absolute Gasteiger partial charge is 0.388 e. The molecule has 2 heteroatoms. The highest BCUT2D eigenvalue weighted by Gasteiger charge is 1.94. The van der Waals surface area contributed by atoms with Crippen LogP contribution < -0.4 is 5.32 Å². The van der Waals surface area contributed by atoms with Crippen molar-refractivity contribution in [2.24, 2.45) is 0 Å². The summed E-state index contributed by atoms with van der Waals surface area (Å²) in [6.07, 6.45) is 7.07. The Morgan fingerprint density at radius 2 is 1.91 bits per heavy atom. The van der Waals surface area contributed by atoms with Gasteiger partial charge in [0, 0.05) is 24.6 Å². The molecule has 2 nitrogen and oxygen atoms in total. The molecule has 0 radical (unpaired) electrons. The van der Waals surface area contributed by atoms with E-state index in [1.807, 2.05) is 32.2 Å². The minimum atomic E-state index is 1.03. The van der Waals surface area contributed by atoms with Crippen LogP contribution in [-0.4, -0.2) is 12.0 Å².